The molecular formula is C19H21FO4. The molecule has 0 spiro atoms. The van der Waals surface area contributed by atoms with Crippen LogP contribution in [0.5, 0.6) is 5.75 Å². The third kappa shape index (κ3) is 4.32. The molecule has 2 aromatic carbocycles. The van der Waals surface area contributed by atoms with Crippen molar-refractivity contribution in [3.05, 3.63) is 65.0 Å². The number of carboxylic acid groups (broad SMARTS) is 1. The molecule has 0 fully saturated rings. The van der Waals surface area contributed by atoms with Crippen molar-refractivity contribution in [3.63, 3.8) is 0 Å². The summed E-state index contributed by atoms with van der Waals surface area (Å²) in [6, 6.07) is 12.1. The lowest BCUT2D eigenvalue weighted by molar-refractivity contribution is -0.136. The first kappa shape index (κ1) is 17.9. The van der Waals surface area contributed by atoms with Crippen LogP contribution in [0.25, 0.3) is 0 Å². The number of aliphatic hydroxyl groups is 1. The Morgan fingerprint density at radius 3 is 2.46 bits per heavy atom. The minimum absolute atomic E-state index is 0.0584. The first-order chi connectivity index (χ1) is 11.3. The van der Waals surface area contributed by atoms with Crippen molar-refractivity contribution in [2.75, 3.05) is 6.61 Å². The molecule has 0 saturated carbocycles. The summed E-state index contributed by atoms with van der Waals surface area (Å²) in [7, 11) is 0. The van der Waals surface area contributed by atoms with E-state index in [4.69, 9.17) is 9.84 Å². The number of hydrogen-bond acceptors (Lipinski definition) is 3. The first-order valence-electron chi connectivity index (χ1n) is 7.66. The summed E-state index contributed by atoms with van der Waals surface area (Å²) in [6.07, 6.45) is -0.423. The molecule has 0 bridgehead atoms. The quantitative estimate of drug-likeness (QED) is 0.816. The van der Waals surface area contributed by atoms with Gasteiger partial charge in [0.25, 0.3) is 0 Å². The second-order valence-corrected chi connectivity index (χ2v) is 6.33. The van der Waals surface area contributed by atoms with Crippen LogP contribution in [0.15, 0.2) is 42.5 Å². The molecule has 2 N–H and O–H groups in total. The van der Waals surface area contributed by atoms with Gasteiger partial charge in [0.1, 0.15) is 18.2 Å². The monoisotopic (exact) mass is 332 g/mol. The molecule has 0 amide bonds. The summed E-state index contributed by atoms with van der Waals surface area (Å²) in [5.41, 5.74) is 0.791. The van der Waals surface area contributed by atoms with Gasteiger partial charge in [0.2, 0.25) is 0 Å². The minimum Gasteiger partial charge on any atom is -0.489 e. The molecule has 128 valence electrons. The molecule has 2 aromatic rings. The number of carboxylic acids is 1. The minimum atomic E-state index is -1.11. The van der Waals surface area contributed by atoms with E-state index in [1.54, 1.807) is 13.8 Å². The fourth-order valence-electron chi connectivity index (χ4n) is 2.36. The van der Waals surface area contributed by atoms with Crippen molar-refractivity contribution in [1.82, 2.24) is 0 Å². The van der Waals surface area contributed by atoms with Crippen molar-refractivity contribution in [3.8, 4) is 5.75 Å². The second kappa shape index (κ2) is 7.45. The van der Waals surface area contributed by atoms with Crippen LogP contribution in [0.2, 0.25) is 0 Å². The van der Waals surface area contributed by atoms with Gasteiger partial charge < -0.3 is 14.9 Å². The fourth-order valence-corrected chi connectivity index (χ4v) is 2.36. The number of rotatable bonds is 7. The molecule has 4 nitrogen and oxygen atoms in total. The predicted molar refractivity (Wildman–Crippen MR) is 88.6 cm³/mol. The van der Waals surface area contributed by atoms with Gasteiger partial charge in [0, 0.05) is 16.5 Å². The molecule has 0 atom stereocenters. The topological polar surface area (TPSA) is 66.8 Å². The van der Waals surface area contributed by atoms with Crippen molar-refractivity contribution in [2.24, 2.45) is 0 Å². The molecular weight excluding hydrogens is 311 g/mol. The molecule has 24 heavy (non-hydrogen) atoms. The van der Waals surface area contributed by atoms with Gasteiger partial charge in [0.15, 0.2) is 0 Å². The molecule has 2 rings (SSSR count). The summed E-state index contributed by atoms with van der Waals surface area (Å²) < 4.78 is 20.0. The SMILES string of the molecule is CC(C)(CO)c1cc(F)c(CC(=O)O)cc1OCc1ccccc1. The van der Waals surface area contributed by atoms with Gasteiger partial charge in [-0.3, -0.25) is 4.79 Å². The third-order valence-corrected chi connectivity index (χ3v) is 3.85. The van der Waals surface area contributed by atoms with Gasteiger partial charge in [-0.05, 0) is 17.7 Å². The highest BCUT2D eigenvalue weighted by molar-refractivity contribution is 5.70. The van der Waals surface area contributed by atoms with Crippen LogP contribution < -0.4 is 4.74 Å². The Morgan fingerprint density at radius 1 is 1.21 bits per heavy atom. The number of halogens is 1. The highest BCUT2D eigenvalue weighted by Crippen LogP contribution is 2.34. The summed E-state index contributed by atoms with van der Waals surface area (Å²) in [5, 5.41) is 18.5. The Balaban J connectivity index is 2.38. The molecule has 0 heterocycles. The molecule has 0 unspecified atom stereocenters. The third-order valence-electron chi connectivity index (χ3n) is 3.85. The maximum Gasteiger partial charge on any atom is 0.307 e. The smallest absolute Gasteiger partial charge is 0.307 e. The Hall–Kier alpha value is -2.40. The summed E-state index contributed by atoms with van der Waals surface area (Å²) in [6.45, 7) is 3.63. The second-order valence-electron chi connectivity index (χ2n) is 6.33. The van der Waals surface area contributed by atoms with E-state index >= 15 is 0 Å². The largest absolute Gasteiger partial charge is 0.489 e. The van der Waals surface area contributed by atoms with E-state index in [1.807, 2.05) is 30.3 Å². The van der Waals surface area contributed by atoms with Crippen molar-refractivity contribution >= 4 is 5.97 Å². The van der Waals surface area contributed by atoms with Gasteiger partial charge in [0.05, 0.1) is 13.0 Å². The number of carbonyl (C=O) groups is 1. The van der Waals surface area contributed by atoms with Gasteiger partial charge in [-0.2, -0.15) is 0 Å². The highest BCUT2D eigenvalue weighted by Gasteiger charge is 2.26. The van der Waals surface area contributed by atoms with E-state index in [-0.39, 0.29) is 18.8 Å². The Bertz CT molecular complexity index is 711. The summed E-state index contributed by atoms with van der Waals surface area (Å²) >= 11 is 0. The molecule has 0 radical (unpaired) electrons. The molecule has 0 aliphatic rings. The van der Waals surface area contributed by atoms with Crippen molar-refractivity contribution in [2.45, 2.75) is 32.3 Å². The van der Waals surface area contributed by atoms with Crippen LogP contribution in [0.4, 0.5) is 4.39 Å². The molecule has 0 aliphatic heterocycles. The zero-order chi connectivity index (χ0) is 17.7. The standard InChI is InChI=1S/C19H21FO4/c1-19(2,12-21)15-10-16(20)14(9-18(22)23)8-17(15)24-11-13-6-4-3-5-7-13/h3-8,10,21H,9,11-12H2,1-2H3,(H,22,23). The zero-order valence-electron chi connectivity index (χ0n) is 13.8. The van der Waals surface area contributed by atoms with Gasteiger partial charge in [-0.15, -0.1) is 0 Å². The lowest BCUT2D eigenvalue weighted by atomic mass is 9.84. The van der Waals surface area contributed by atoms with E-state index < -0.39 is 23.6 Å². The molecule has 0 aliphatic carbocycles. The van der Waals surface area contributed by atoms with Crippen LogP contribution in [0, 0.1) is 5.82 Å². The molecule has 0 saturated heterocycles. The number of hydrogen-bond donors (Lipinski definition) is 2. The predicted octanol–water partition coefficient (Wildman–Crippen LogP) is 3.30. The van der Waals surface area contributed by atoms with E-state index in [2.05, 4.69) is 0 Å². The van der Waals surface area contributed by atoms with Crippen LogP contribution in [0.3, 0.4) is 0 Å². The summed E-state index contributed by atoms with van der Waals surface area (Å²) in [5.74, 6) is -1.34. The van der Waals surface area contributed by atoms with E-state index in [1.165, 1.54) is 12.1 Å². The van der Waals surface area contributed by atoms with Gasteiger partial charge in [-0.25, -0.2) is 4.39 Å². The average molecular weight is 332 g/mol. The normalized spacial score (nSPS) is 11.3. The zero-order valence-corrected chi connectivity index (χ0v) is 13.8. The number of benzene rings is 2. The Morgan fingerprint density at radius 2 is 1.88 bits per heavy atom. The summed E-state index contributed by atoms with van der Waals surface area (Å²) in [4.78, 5) is 10.9. The number of ether oxygens (including phenoxy) is 1. The van der Waals surface area contributed by atoms with Gasteiger partial charge in [-0.1, -0.05) is 44.2 Å². The fraction of sp³-hybridized carbons (Fsp3) is 0.316. The van der Waals surface area contributed by atoms with Crippen molar-refractivity contribution < 1.29 is 24.1 Å². The highest BCUT2D eigenvalue weighted by atomic mass is 19.1. The average Bonchev–Trinajstić information content (AvgIpc) is 2.55. The van der Waals surface area contributed by atoms with Crippen LogP contribution in [-0.2, 0) is 23.2 Å². The van der Waals surface area contributed by atoms with E-state index in [0.29, 0.717) is 11.3 Å². The first-order valence-corrected chi connectivity index (χ1v) is 7.66. The van der Waals surface area contributed by atoms with E-state index in [9.17, 15) is 14.3 Å². The van der Waals surface area contributed by atoms with Crippen LogP contribution >= 0.6 is 0 Å². The van der Waals surface area contributed by atoms with Crippen molar-refractivity contribution in [1.29, 1.82) is 0 Å². The lowest BCUT2D eigenvalue weighted by Crippen LogP contribution is -2.24. The maximum atomic E-state index is 14.2. The van der Waals surface area contributed by atoms with Crippen LogP contribution in [-0.4, -0.2) is 22.8 Å². The Labute approximate surface area is 140 Å². The van der Waals surface area contributed by atoms with Crippen LogP contribution in [0.1, 0.15) is 30.5 Å². The lowest BCUT2D eigenvalue weighted by Gasteiger charge is -2.26. The maximum absolute atomic E-state index is 14.2. The van der Waals surface area contributed by atoms with Gasteiger partial charge >= 0.3 is 5.97 Å². The molecule has 0 aromatic heterocycles. The number of aliphatic hydroxyl groups excluding tert-OH is 1. The number of aliphatic carboxylic acids is 1. The van der Waals surface area contributed by atoms with E-state index in [0.717, 1.165) is 5.56 Å². The molecule has 5 heteroatoms. The Kier molecular flexibility index (Phi) is 5.57.